The second-order valence-corrected chi connectivity index (χ2v) is 5.80. The summed E-state index contributed by atoms with van der Waals surface area (Å²) < 4.78 is 1.49. The fraction of sp³-hybridized carbons (Fsp3) is 0.889. The van der Waals surface area contributed by atoms with Gasteiger partial charge in [-0.1, -0.05) is 22.6 Å². The maximum absolute atomic E-state index is 10.9. The third-order valence-corrected chi connectivity index (χ3v) is 3.52. The summed E-state index contributed by atoms with van der Waals surface area (Å²) >= 11 is 4.30. The molecule has 0 atom stereocenters. The van der Waals surface area contributed by atoms with Crippen molar-refractivity contribution < 1.29 is 4.79 Å². The van der Waals surface area contributed by atoms with Gasteiger partial charge in [-0.2, -0.15) is 0 Å². The predicted molar refractivity (Wildman–Crippen MR) is 75.4 cm³/mol. The minimum Gasteiger partial charge on any atom is -0.301 e. The van der Waals surface area contributed by atoms with Gasteiger partial charge in [-0.15, -0.1) is 0 Å². The summed E-state index contributed by atoms with van der Waals surface area (Å²) in [5, 5.41) is 0. The van der Waals surface area contributed by atoms with Gasteiger partial charge in [0.1, 0.15) is 0 Å². The SMILES string of the molecule is O=C(I)CN1CCN(CCCI)CC1. The quantitative estimate of drug-likeness (QED) is 0.381. The summed E-state index contributed by atoms with van der Waals surface area (Å²) in [6, 6.07) is 0. The van der Waals surface area contributed by atoms with Crippen LogP contribution in [0.2, 0.25) is 0 Å². The number of carbonyl (C=O) groups is 1. The molecule has 1 saturated heterocycles. The normalized spacial score (nSPS) is 19.9. The lowest BCUT2D eigenvalue weighted by Crippen LogP contribution is -2.47. The lowest BCUT2D eigenvalue weighted by molar-refractivity contribution is -0.110. The number of halogens is 2. The maximum atomic E-state index is 10.9. The Labute approximate surface area is 113 Å². The molecule has 0 N–H and O–H groups in total. The Morgan fingerprint density at radius 3 is 2.21 bits per heavy atom. The molecular weight excluding hydrogens is 406 g/mol. The van der Waals surface area contributed by atoms with Gasteiger partial charge in [0, 0.05) is 53.2 Å². The van der Waals surface area contributed by atoms with Crippen molar-refractivity contribution in [3.05, 3.63) is 0 Å². The summed E-state index contributed by atoms with van der Waals surface area (Å²) in [4.78, 5) is 15.6. The number of alkyl halides is 1. The molecule has 0 aromatic rings. The molecule has 0 amide bonds. The van der Waals surface area contributed by atoms with Crippen LogP contribution in [0.25, 0.3) is 0 Å². The van der Waals surface area contributed by atoms with Gasteiger partial charge < -0.3 is 4.90 Å². The van der Waals surface area contributed by atoms with E-state index >= 15 is 0 Å². The molecule has 0 aliphatic carbocycles. The standard InChI is InChI=1S/C9H16I2N2O/c10-2-1-3-12-4-6-13(7-5-12)8-9(11)14/h1-8H2. The van der Waals surface area contributed by atoms with Gasteiger partial charge in [0.15, 0.2) is 0 Å². The first-order chi connectivity index (χ1) is 6.72. The molecule has 0 aromatic carbocycles. The summed E-state index contributed by atoms with van der Waals surface area (Å²) in [5.74, 6) is 0. The maximum Gasteiger partial charge on any atom is 0.206 e. The number of hydrogen-bond acceptors (Lipinski definition) is 3. The molecule has 0 radical (unpaired) electrons. The van der Waals surface area contributed by atoms with Gasteiger partial charge >= 0.3 is 0 Å². The van der Waals surface area contributed by atoms with Crippen molar-refractivity contribution in [2.45, 2.75) is 6.42 Å². The highest BCUT2D eigenvalue weighted by Crippen LogP contribution is 2.04. The molecule has 3 nitrogen and oxygen atoms in total. The summed E-state index contributed by atoms with van der Waals surface area (Å²) in [6.45, 7) is 6.20. The fourth-order valence-corrected chi connectivity index (χ4v) is 2.45. The van der Waals surface area contributed by atoms with Crippen LogP contribution in [0.3, 0.4) is 0 Å². The summed E-state index contributed by atoms with van der Waals surface area (Å²) in [5.41, 5.74) is 0. The highest BCUT2D eigenvalue weighted by Gasteiger charge is 2.17. The molecule has 1 rings (SSSR count). The van der Waals surface area contributed by atoms with Crippen LogP contribution in [-0.2, 0) is 4.79 Å². The van der Waals surface area contributed by atoms with Crippen LogP contribution in [0.15, 0.2) is 0 Å². The van der Waals surface area contributed by atoms with Crippen LogP contribution in [0, 0.1) is 0 Å². The molecular formula is C9H16I2N2O. The first-order valence-corrected chi connectivity index (χ1v) is 7.52. The van der Waals surface area contributed by atoms with Gasteiger partial charge in [0.2, 0.25) is 3.79 Å². The number of carbonyl (C=O) groups excluding carboxylic acids is 1. The van der Waals surface area contributed by atoms with Gasteiger partial charge in [-0.3, -0.25) is 9.69 Å². The second kappa shape index (κ2) is 7.34. The zero-order valence-electron chi connectivity index (χ0n) is 8.22. The number of nitrogens with zero attached hydrogens (tertiary/aromatic N) is 2. The average Bonchev–Trinajstić information content (AvgIpc) is 2.16. The van der Waals surface area contributed by atoms with E-state index in [4.69, 9.17) is 0 Å². The van der Waals surface area contributed by atoms with Gasteiger partial charge in [0.25, 0.3) is 0 Å². The minimum absolute atomic E-state index is 0.253. The molecule has 0 bridgehead atoms. The van der Waals surface area contributed by atoms with Gasteiger partial charge in [0.05, 0.1) is 6.54 Å². The van der Waals surface area contributed by atoms with E-state index in [0.29, 0.717) is 6.54 Å². The Hall–Kier alpha value is 1.05. The monoisotopic (exact) mass is 422 g/mol. The smallest absolute Gasteiger partial charge is 0.206 e. The van der Waals surface area contributed by atoms with E-state index < -0.39 is 0 Å². The third-order valence-electron chi connectivity index (χ3n) is 2.42. The van der Waals surface area contributed by atoms with Crippen LogP contribution in [0.5, 0.6) is 0 Å². The number of hydrogen-bond donors (Lipinski definition) is 0. The van der Waals surface area contributed by atoms with Crippen LogP contribution < -0.4 is 0 Å². The van der Waals surface area contributed by atoms with Crippen molar-refractivity contribution >= 4 is 49.0 Å². The van der Waals surface area contributed by atoms with Crippen molar-refractivity contribution in [3.63, 3.8) is 0 Å². The summed E-state index contributed by atoms with van der Waals surface area (Å²) in [6.07, 6.45) is 1.28. The molecule has 0 spiro atoms. The Kier molecular flexibility index (Phi) is 6.88. The van der Waals surface area contributed by atoms with E-state index in [1.54, 1.807) is 0 Å². The molecule has 1 heterocycles. The Morgan fingerprint density at radius 2 is 1.71 bits per heavy atom. The molecule has 1 aliphatic rings. The molecule has 1 aliphatic heterocycles. The van der Waals surface area contributed by atoms with E-state index in [9.17, 15) is 4.79 Å². The minimum atomic E-state index is 0.253. The topological polar surface area (TPSA) is 23.6 Å². The van der Waals surface area contributed by atoms with Crippen LogP contribution in [0.4, 0.5) is 0 Å². The Bertz CT molecular complexity index is 182. The van der Waals surface area contributed by atoms with Crippen molar-refractivity contribution in [2.75, 3.05) is 43.7 Å². The average molecular weight is 422 g/mol. The van der Waals surface area contributed by atoms with E-state index in [0.717, 1.165) is 26.2 Å². The fourth-order valence-electron chi connectivity index (χ4n) is 1.63. The Balaban J connectivity index is 2.14. The second-order valence-electron chi connectivity index (χ2n) is 3.52. The predicted octanol–water partition coefficient (Wildman–Crippen LogP) is 1.39. The van der Waals surface area contributed by atoms with Crippen molar-refractivity contribution in [3.8, 4) is 0 Å². The first-order valence-electron chi connectivity index (χ1n) is 4.91. The van der Waals surface area contributed by atoms with Crippen molar-refractivity contribution in [2.24, 2.45) is 0 Å². The highest BCUT2D eigenvalue weighted by molar-refractivity contribution is 14.1. The zero-order chi connectivity index (χ0) is 10.4. The molecule has 0 saturated carbocycles. The molecule has 82 valence electrons. The van der Waals surface area contributed by atoms with Crippen molar-refractivity contribution in [1.82, 2.24) is 9.80 Å². The van der Waals surface area contributed by atoms with Gasteiger partial charge in [-0.25, -0.2) is 0 Å². The van der Waals surface area contributed by atoms with Crippen LogP contribution >= 0.6 is 45.2 Å². The largest absolute Gasteiger partial charge is 0.301 e. The number of rotatable bonds is 5. The molecule has 14 heavy (non-hydrogen) atoms. The Morgan fingerprint density at radius 1 is 1.14 bits per heavy atom. The molecule has 5 heteroatoms. The summed E-state index contributed by atoms with van der Waals surface area (Å²) in [7, 11) is 0. The van der Waals surface area contributed by atoms with E-state index in [1.807, 2.05) is 22.6 Å². The molecule has 0 unspecified atom stereocenters. The van der Waals surface area contributed by atoms with E-state index in [2.05, 4.69) is 32.4 Å². The van der Waals surface area contributed by atoms with Gasteiger partial charge in [-0.05, 0) is 13.0 Å². The zero-order valence-corrected chi connectivity index (χ0v) is 12.5. The molecule has 0 aromatic heterocycles. The lowest BCUT2D eigenvalue weighted by Gasteiger charge is -2.33. The van der Waals surface area contributed by atoms with E-state index in [1.165, 1.54) is 17.4 Å². The van der Waals surface area contributed by atoms with Crippen molar-refractivity contribution in [1.29, 1.82) is 0 Å². The highest BCUT2D eigenvalue weighted by atomic mass is 127. The molecule has 1 fully saturated rings. The van der Waals surface area contributed by atoms with Crippen LogP contribution in [0.1, 0.15) is 6.42 Å². The first kappa shape index (κ1) is 13.1. The van der Waals surface area contributed by atoms with Crippen LogP contribution in [-0.4, -0.2) is 57.3 Å². The third kappa shape index (κ3) is 5.22. The number of piperazine rings is 1. The van der Waals surface area contributed by atoms with E-state index in [-0.39, 0.29) is 3.79 Å². The lowest BCUT2D eigenvalue weighted by atomic mass is 10.3.